The molecule has 1 unspecified atom stereocenters. The second kappa shape index (κ2) is 8.84. The molecule has 1 atom stereocenters. The van der Waals surface area contributed by atoms with Gasteiger partial charge in [-0.15, -0.1) is 0 Å². The summed E-state index contributed by atoms with van der Waals surface area (Å²) in [5, 5.41) is 0. The Morgan fingerprint density at radius 3 is 2.17 bits per heavy atom. The van der Waals surface area contributed by atoms with Gasteiger partial charge in [0.1, 0.15) is 0 Å². The van der Waals surface area contributed by atoms with Gasteiger partial charge in [-0.1, -0.05) is 84.4 Å². The van der Waals surface area contributed by atoms with E-state index in [9.17, 15) is 9.59 Å². The molecule has 3 aromatic rings. The third-order valence-corrected chi connectivity index (χ3v) is 7.32. The fourth-order valence-electron chi connectivity index (χ4n) is 5.86. The number of hydrogen-bond acceptors (Lipinski definition) is 4. The Labute approximate surface area is 206 Å². The Bertz CT molecular complexity index is 1300. The highest BCUT2D eigenvalue weighted by molar-refractivity contribution is 6.02. The number of benzene rings is 3. The first kappa shape index (κ1) is 23.1. The topological polar surface area (TPSA) is 52.6 Å². The van der Waals surface area contributed by atoms with Crippen molar-refractivity contribution in [3.05, 3.63) is 112 Å². The Kier molecular flexibility index (Phi) is 5.84. The standard InChI is InChI=1S/C31H30O4/c1-4-34-28(32)31(29(33)35-5-2)18-23-16-15-21(3)17-27(23)30(20-31)19-25(22-11-7-6-8-12-22)24-13-9-10-14-26(24)30/h6-17,19H,4-5,18,20H2,1-3H3. The molecule has 0 fully saturated rings. The first-order valence-electron chi connectivity index (χ1n) is 12.3. The highest BCUT2D eigenvalue weighted by Crippen LogP contribution is 2.57. The number of allylic oxidation sites excluding steroid dienone is 1. The Balaban J connectivity index is 1.82. The van der Waals surface area contributed by atoms with Crippen LogP contribution in [-0.4, -0.2) is 25.2 Å². The zero-order valence-corrected chi connectivity index (χ0v) is 20.5. The van der Waals surface area contributed by atoms with Gasteiger partial charge >= 0.3 is 11.9 Å². The van der Waals surface area contributed by atoms with Gasteiger partial charge in [0.25, 0.3) is 0 Å². The summed E-state index contributed by atoms with van der Waals surface area (Å²) in [6, 6.07) is 24.9. The summed E-state index contributed by atoms with van der Waals surface area (Å²) in [7, 11) is 0. The third kappa shape index (κ3) is 3.59. The molecule has 35 heavy (non-hydrogen) atoms. The molecule has 0 saturated heterocycles. The molecule has 0 bridgehead atoms. The summed E-state index contributed by atoms with van der Waals surface area (Å²) in [5.41, 5.74) is 5.60. The smallest absolute Gasteiger partial charge is 0.323 e. The zero-order valence-electron chi connectivity index (χ0n) is 20.5. The Morgan fingerprint density at radius 2 is 1.49 bits per heavy atom. The lowest BCUT2D eigenvalue weighted by Crippen LogP contribution is -2.51. The molecule has 3 aromatic carbocycles. The van der Waals surface area contributed by atoms with E-state index >= 15 is 0 Å². The molecule has 0 N–H and O–H groups in total. The van der Waals surface area contributed by atoms with Crippen molar-refractivity contribution in [2.45, 2.75) is 39.0 Å². The van der Waals surface area contributed by atoms with Gasteiger partial charge in [0.05, 0.1) is 13.2 Å². The molecule has 5 rings (SSSR count). The first-order chi connectivity index (χ1) is 16.9. The van der Waals surface area contributed by atoms with Crippen molar-refractivity contribution in [3.8, 4) is 0 Å². The Hall–Kier alpha value is -3.66. The maximum Gasteiger partial charge on any atom is 0.323 e. The van der Waals surface area contributed by atoms with E-state index in [4.69, 9.17) is 9.47 Å². The van der Waals surface area contributed by atoms with E-state index in [-0.39, 0.29) is 26.1 Å². The fourth-order valence-corrected chi connectivity index (χ4v) is 5.86. The lowest BCUT2D eigenvalue weighted by Gasteiger charge is -2.44. The number of carbonyl (C=O) groups is 2. The number of fused-ring (bicyclic) bond motifs is 4. The van der Waals surface area contributed by atoms with E-state index < -0.39 is 22.8 Å². The quantitative estimate of drug-likeness (QED) is 0.353. The van der Waals surface area contributed by atoms with Crippen molar-refractivity contribution in [3.63, 3.8) is 0 Å². The third-order valence-electron chi connectivity index (χ3n) is 7.32. The van der Waals surface area contributed by atoms with Crippen molar-refractivity contribution in [2.75, 3.05) is 13.2 Å². The molecule has 4 nitrogen and oxygen atoms in total. The Morgan fingerprint density at radius 1 is 0.829 bits per heavy atom. The van der Waals surface area contributed by atoms with E-state index in [2.05, 4.69) is 49.4 Å². The molecule has 0 aromatic heterocycles. The first-order valence-corrected chi connectivity index (χ1v) is 12.3. The molecular formula is C31H30O4. The summed E-state index contributed by atoms with van der Waals surface area (Å²) in [6.45, 7) is 6.02. The highest BCUT2D eigenvalue weighted by Gasteiger charge is 2.59. The van der Waals surface area contributed by atoms with Crippen molar-refractivity contribution >= 4 is 17.5 Å². The van der Waals surface area contributed by atoms with Gasteiger partial charge in [0.15, 0.2) is 5.41 Å². The van der Waals surface area contributed by atoms with Gasteiger partial charge in [-0.25, -0.2) is 0 Å². The van der Waals surface area contributed by atoms with Crippen LogP contribution in [0.25, 0.3) is 5.57 Å². The van der Waals surface area contributed by atoms with Crippen LogP contribution < -0.4 is 0 Å². The minimum absolute atomic E-state index is 0.204. The molecule has 178 valence electrons. The molecule has 2 aliphatic rings. The van der Waals surface area contributed by atoms with Crippen LogP contribution in [0.2, 0.25) is 0 Å². The summed E-state index contributed by atoms with van der Waals surface area (Å²) >= 11 is 0. The molecule has 0 saturated carbocycles. The summed E-state index contributed by atoms with van der Waals surface area (Å²) < 4.78 is 11.1. The maximum absolute atomic E-state index is 13.6. The highest BCUT2D eigenvalue weighted by atomic mass is 16.6. The molecule has 1 spiro atoms. The van der Waals surface area contributed by atoms with Gasteiger partial charge in [0, 0.05) is 5.41 Å². The number of hydrogen-bond donors (Lipinski definition) is 0. The van der Waals surface area contributed by atoms with Crippen LogP contribution in [0.3, 0.4) is 0 Å². The summed E-state index contributed by atoms with van der Waals surface area (Å²) in [5.74, 6) is -1.02. The zero-order chi connectivity index (χ0) is 24.6. The monoisotopic (exact) mass is 466 g/mol. The van der Waals surface area contributed by atoms with E-state index in [1.165, 1.54) is 0 Å². The number of carbonyl (C=O) groups excluding carboxylic acids is 2. The van der Waals surface area contributed by atoms with Gasteiger partial charge in [0.2, 0.25) is 0 Å². The van der Waals surface area contributed by atoms with Crippen LogP contribution in [0.15, 0.2) is 78.9 Å². The minimum atomic E-state index is -1.43. The van der Waals surface area contributed by atoms with Crippen LogP contribution in [0.1, 0.15) is 53.6 Å². The van der Waals surface area contributed by atoms with Crippen LogP contribution in [0, 0.1) is 12.3 Å². The van der Waals surface area contributed by atoms with E-state index in [0.29, 0.717) is 0 Å². The van der Waals surface area contributed by atoms with Crippen LogP contribution in [0.5, 0.6) is 0 Å². The van der Waals surface area contributed by atoms with Crippen molar-refractivity contribution in [1.29, 1.82) is 0 Å². The molecule has 0 aliphatic heterocycles. The molecule has 2 aliphatic carbocycles. The lowest BCUT2D eigenvalue weighted by atomic mass is 9.57. The average Bonchev–Trinajstić information content (AvgIpc) is 3.20. The van der Waals surface area contributed by atoms with Crippen molar-refractivity contribution in [1.82, 2.24) is 0 Å². The number of esters is 2. The van der Waals surface area contributed by atoms with Gasteiger partial charge in [-0.2, -0.15) is 0 Å². The lowest BCUT2D eigenvalue weighted by molar-refractivity contribution is -0.174. The van der Waals surface area contributed by atoms with E-state index in [0.717, 1.165) is 39.0 Å². The number of ether oxygens (including phenoxy) is 2. The van der Waals surface area contributed by atoms with Gasteiger partial charge in [-0.3, -0.25) is 9.59 Å². The van der Waals surface area contributed by atoms with Gasteiger partial charge < -0.3 is 9.47 Å². The predicted octanol–water partition coefficient (Wildman–Crippen LogP) is 5.79. The van der Waals surface area contributed by atoms with Crippen molar-refractivity contribution in [2.24, 2.45) is 5.41 Å². The second-order valence-corrected chi connectivity index (χ2v) is 9.48. The van der Waals surface area contributed by atoms with Crippen LogP contribution in [0.4, 0.5) is 0 Å². The maximum atomic E-state index is 13.6. The molecular weight excluding hydrogens is 436 g/mol. The van der Waals surface area contributed by atoms with E-state index in [1.807, 2.05) is 36.4 Å². The molecule has 0 heterocycles. The minimum Gasteiger partial charge on any atom is -0.465 e. The number of rotatable bonds is 5. The summed E-state index contributed by atoms with van der Waals surface area (Å²) in [6.07, 6.45) is 2.79. The van der Waals surface area contributed by atoms with Gasteiger partial charge in [-0.05, 0) is 67.0 Å². The largest absolute Gasteiger partial charge is 0.465 e. The normalized spacial score (nSPS) is 19.5. The molecule has 0 radical (unpaired) electrons. The van der Waals surface area contributed by atoms with Crippen LogP contribution in [-0.2, 0) is 30.9 Å². The predicted molar refractivity (Wildman–Crippen MR) is 136 cm³/mol. The molecule has 0 amide bonds. The van der Waals surface area contributed by atoms with E-state index in [1.54, 1.807) is 13.8 Å². The average molecular weight is 467 g/mol. The molecule has 4 heteroatoms. The van der Waals surface area contributed by atoms with Crippen LogP contribution >= 0.6 is 0 Å². The van der Waals surface area contributed by atoms with Crippen molar-refractivity contribution < 1.29 is 19.1 Å². The summed E-state index contributed by atoms with van der Waals surface area (Å²) in [4.78, 5) is 27.1. The second-order valence-electron chi connectivity index (χ2n) is 9.48. The number of aryl methyl sites for hydroxylation is 1. The fraction of sp³-hybridized carbons (Fsp3) is 0.290. The SMILES string of the molecule is CCOC(=O)C1(C(=O)OCC)Cc2ccc(C)cc2C2(C=C(c3ccccc3)c3ccccc32)C1.